The molecule has 4 atom stereocenters. The van der Waals surface area contributed by atoms with Gasteiger partial charge in [0.2, 0.25) is 0 Å². The molecule has 0 amide bonds. The van der Waals surface area contributed by atoms with Crippen molar-refractivity contribution in [2.24, 2.45) is 5.11 Å². The summed E-state index contributed by atoms with van der Waals surface area (Å²) in [5.41, 5.74) is 6.27. The van der Waals surface area contributed by atoms with Gasteiger partial charge in [-0.15, -0.1) is 0 Å². The van der Waals surface area contributed by atoms with Crippen LogP contribution < -0.4 is 11.2 Å². The number of hydrogen-bond donors (Lipinski definition) is 2. The van der Waals surface area contributed by atoms with Crippen LogP contribution in [0.25, 0.3) is 10.4 Å². The van der Waals surface area contributed by atoms with Gasteiger partial charge in [-0.2, -0.15) is 0 Å². The number of ether oxygens (including phenoxy) is 2. The van der Waals surface area contributed by atoms with Crippen LogP contribution in [0.5, 0.6) is 0 Å². The van der Waals surface area contributed by atoms with Gasteiger partial charge in [0.15, 0.2) is 6.23 Å². The number of nitrogens with zero attached hydrogens (tertiary/aromatic N) is 4. The second-order valence-corrected chi connectivity index (χ2v) is 5.65. The maximum Gasteiger partial charge on any atom is 0.330 e. The van der Waals surface area contributed by atoms with Crippen molar-refractivity contribution in [2.45, 2.75) is 50.2 Å². The first-order chi connectivity index (χ1) is 11.5. The summed E-state index contributed by atoms with van der Waals surface area (Å²) in [6.45, 7) is 2.15. The summed E-state index contributed by atoms with van der Waals surface area (Å²) in [6.07, 6.45) is 0.163. The molecule has 0 spiro atoms. The molecule has 0 aromatic carbocycles. The molecule has 1 aromatic heterocycles. The number of methoxy groups -OCH3 is 1. The second kappa shape index (κ2) is 7.63. The van der Waals surface area contributed by atoms with E-state index in [0.29, 0.717) is 19.3 Å². The molecule has 1 fully saturated rings. The molecule has 1 saturated heterocycles. The minimum absolute atomic E-state index is 0.287. The van der Waals surface area contributed by atoms with E-state index in [2.05, 4.69) is 15.0 Å². The van der Waals surface area contributed by atoms with Crippen molar-refractivity contribution in [3.63, 3.8) is 0 Å². The third-order valence-corrected chi connectivity index (χ3v) is 4.40. The largest absolute Gasteiger partial charge is 0.387 e. The predicted octanol–water partition coefficient (Wildman–Crippen LogP) is 0.681. The van der Waals surface area contributed by atoms with E-state index in [9.17, 15) is 14.7 Å². The highest BCUT2D eigenvalue weighted by atomic mass is 16.6. The fourth-order valence-corrected chi connectivity index (χ4v) is 3.09. The van der Waals surface area contributed by atoms with Crippen LogP contribution in [0.1, 0.15) is 32.4 Å². The third-order valence-electron chi connectivity index (χ3n) is 4.40. The lowest BCUT2D eigenvalue weighted by atomic mass is 9.87. The van der Waals surface area contributed by atoms with Gasteiger partial charge in [0.25, 0.3) is 5.56 Å². The summed E-state index contributed by atoms with van der Waals surface area (Å²) in [7, 11) is 1.42. The molecular weight excluding hydrogens is 318 g/mol. The van der Waals surface area contributed by atoms with E-state index in [1.165, 1.54) is 23.9 Å². The van der Waals surface area contributed by atoms with Crippen molar-refractivity contribution in [1.82, 2.24) is 9.55 Å². The maximum atomic E-state index is 12.0. The zero-order chi connectivity index (χ0) is 17.7. The van der Waals surface area contributed by atoms with Gasteiger partial charge in [0.1, 0.15) is 12.2 Å². The van der Waals surface area contributed by atoms with Crippen LogP contribution in [0.3, 0.4) is 0 Å². The topological polar surface area (TPSA) is 142 Å². The summed E-state index contributed by atoms with van der Waals surface area (Å²) in [5.74, 6) is 0. The van der Waals surface area contributed by atoms with Gasteiger partial charge >= 0.3 is 5.69 Å². The summed E-state index contributed by atoms with van der Waals surface area (Å²) in [4.78, 5) is 28.1. The number of aromatic nitrogens is 2. The Hall–Kier alpha value is -2.13. The highest BCUT2D eigenvalue weighted by molar-refractivity contribution is 5.02. The molecule has 0 aliphatic carbocycles. The molecule has 1 aliphatic rings. The predicted molar refractivity (Wildman–Crippen MR) is 84.5 cm³/mol. The SMILES string of the molecule is CC[C@@]1(CCCN=[N+]=[N-])O[C@@H](n2ccc(=O)[nH]c2=O)[C@@H](OC)C1O. The van der Waals surface area contributed by atoms with Crippen molar-refractivity contribution in [3.8, 4) is 0 Å². The lowest BCUT2D eigenvalue weighted by Crippen LogP contribution is -2.43. The Morgan fingerprint density at radius 1 is 1.58 bits per heavy atom. The van der Waals surface area contributed by atoms with E-state index in [1.807, 2.05) is 6.92 Å². The van der Waals surface area contributed by atoms with E-state index >= 15 is 0 Å². The quantitative estimate of drug-likeness (QED) is 0.325. The first-order valence-corrected chi connectivity index (χ1v) is 7.70. The van der Waals surface area contributed by atoms with E-state index in [1.54, 1.807) is 0 Å². The minimum Gasteiger partial charge on any atom is -0.387 e. The van der Waals surface area contributed by atoms with Crippen LogP contribution in [0.2, 0.25) is 0 Å². The number of nitrogens with one attached hydrogen (secondary N) is 1. The summed E-state index contributed by atoms with van der Waals surface area (Å²) in [6, 6.07) is 1.21. The molecule has 10 heteroatoms. The van der Waals surface area contributed by atoms with Gasteiger partial charge in [-0.1, -0.05) is 12.0 Å². The second-order valence-electron chi connectivity index (χ2n) is 5.65. The molecule has 0 saturated carbocycles. The Morgan fingerprint density at radius 3 is 2.92 bits per heavy atom. The molecule has 2 N–H and O–H groups in total. The van der Waals surface area contributed by atoms with Gasteiger partial charge in [0.05, 0.1) is 5.60 Å². The van der Waals surface area contributed by atoms with Crippen molar-refractivity contribution in [1.29, 1.82) is 0 Å². The summed E-state index contributed by atoms with van der Waals surface area (Å²) < 4.78 is 12.6. The summed E-state index contributed by atoms with van der Waals surface area (Å²) in [5, 5.41) is 14.2. The Morgan fingerprint density at radius 2 is 2.33 bits per heavy atom. The fraction of sp³-hybridized carbons (Fsp3) is 0.714. The van der Waals surface area contributed by atoms with Crippen LogP contribution in [0.4, 0.5) is 0 Å². The van der Waals surface area contributed by atoms with Crippen molar-refractivity contribution in [3.05, 3.63) is 43.5 Å². The van der Waals surface area contributed by atoms with Gasteiger partial charge in [-0.05, 0) is 24.8 Å². The minimum atomic E-state index is -0.970. The molecule has 1 aromatic rings. The molecule has 132 valence electrons. The molecule has 2 rings (SSSR count). The molecular formula is C14H21N5O5. The fourth-order valence-electron chi connectivity index (χ4n) is 3.09. The highest BCUT2D eigenvalue weighted by Crippen LogP contribution is 2.42. The maximum absolute atomic E-state index is 12.0. The molecule has 10 nitrogen and oxygen atoms in total. The van der Waals surface area contributed by atoms with E-state index in [-0.39, 0.29) is 6.54 Å². The normalized spacial score (nSPS) is 29.4. The molecule has 24 heavy (non-hydrogen) atoms. The van der Waals surface area contributed by atoms with E-state index < -0.39 is 35.3 Å². The van der Waals surface area contributed by atoms with Gasteiger partial charge in [0, 0.05) is 30.8 Å². The molecule has 2 heterocycles. The Labute approximate surface area is 137 Å². The monoisotopic (exact) mass is 339 g/mol. The Balaban J connectivity index is 2.31. The van der Waals surface area contributed by atoms with Crippen LogP contribution in [0, 0.1) is 0 Å². The Bertz CT molecular complexity index is 725. The zero-order valence-electron chi connectivity index (χ0n) is 13.6. The number of H-pyrrole nitrogens is 1. The van der Waals surface area contributed by atoms with Crippen LogP contribution >= 0.6 is 0 Å². The van der Waals surface area contributed by atoms with Crippen molar-refractivity contribution < 1.29 is 14.6 Å². The average molecular weight is 339 g/mol. The van der Waals surface area contributed by atoms with Crippen molar-refractivity contribution >= 4 is 0 Å². The molecule has 0 radical (unpaired) electrons. The lowest BCUT2D eigenvalue weighted by Gasteiger charge is -2.31. The average Bonchev–Trinajstić information content (AvgIpc) is 2.84. The molecule has 1 unspecified atom stereocenters. The first kappa shape index (κ1) is 18.2. The van der Waals surface area contributed by atoms with E-state index in [4.69, 9.17) is 15.0 Å². The van der Waals surface area contributed by atoms with E-state index in [0.717, 1.165) is 0 Å². The number of azide groups is 1. The third kappa shape index (κ3) is 3.36. The number of aliphatic hydroxyl groups excluding tert-OH is 1. The van der Waals surface area contributed by atoms with Crippen LogP contribution in [-0.4, -0.2) is 46.1 Å². The van der Waals surface area contributed by atoms with Crippen molar-refractivity contribution in [2.75, 3.05) is 13.7 Å². The molecule has 1 aliphatic heterocycles. The Kier molecular flexibility index (Phi) is 5.79. The van der Waals surface area contributed by atoms with Gasteiger partial charge < -0.3 is 14.6 Å². The molecule has 0 bridgehead atoms. The highest BCUT2D eigenvalue weighted by Gasteiger charge is 2.54. The van der Waals surface area contributed by atoms with Crippen LogP contribution in [0.15, 0.2) is 27.0 Å². The standard InChI is InChI=1S/C14H21N5O5/c1-3-14(6-4-7-16-18-15)11(21)10(23-2)12(24-14)19-8-5-9(20)17-13(19)22/h5,8,10-12,21H,3-4,6-7H2,1-2H3,(H,17,20,22)/t10-,11?,12+,14-/m0/s1. The summed E-state index contributed by atoms with van der Waals surface area (Å²) >= 11 is 0. The first-order valence-electron chi connectivity index (χ1n) is 7.70. The number of hydrogen-bond acceptors (Lipinski definition) is 6. The van der Waals surface area contributed by atoms with Gasteiger partial charge in [-0.3, -0.25) is 14.3 Å². The number of aliphatic hydroxyl groups is 1. The van der Waals surface area contributed by atoms with Gasteiger partial charge in [-0.25, -0.2) is 4.79 Å². The zero-order valence-corrected chi connectivity index (χ0v) is 13.6. The number of rotatable bonds is 7. The lowest BCUT2D eigenvalue weighted by molar-refractivity contribution is -0.112. The smallest absolute Gasteiger partial charge is 0.330 e. The number of aromatic amines is 1. The van der Waals surface area contributed by atoms with Crippen LogP contribution in [-0.2, 0) is 9.47 Å².